The standard InChI is InChI=1S/C10H17N3O5S2/c1-2-12-19(15,16)6-5-13-20(17,18)8-3-4-10(14)9(11)7-8/h3-4,7,12-14H,2,5-6,11H2,1H3. The van der Waals surface area contributed by atoms with Crippen molar-refractivity contribution in [3.8, 4) is 5.75 Å². The molecule has 0 unspecified atom stereocenters. The maximum Gasteiger partial charge on any atom is 0.240 e. The van der Waals surface area contributed by atoms with Crippen molar-refractivity contribution in [2.24, 2.45) is 0 Å². The molecule has 0 saturated heterocycles. The zero-order valence-electron chi connectivity index (χ0n) is 10.8. The third kappa shape index (κ3) is 4.63. The first-order chi connectivity index (χ1) is 9.18. The molecule has 0 aliphatic carbocycles. The van der Waals surface area contributed by atoms with Crippen LogP contribution in [0.5, 0.6) is 5.75 Å². The van der Waals surface area contributed by atoms with E-state index in [4.69, 9.17) is 5.73 Å². The first-order valence-electron chi connectivity index (χ1n) is 5.73. The van der Waals surface area contributed by atoms with Crippen molar-refractivity contribution in [3.63, 3.8) is 0 Å². The number of nitrogen functional groups attached to an aromatic ring is 1. The van der Waals surface area contributed by atoms with Gasteiger partial charge in [0, 0.05) is 13.1 Å². The highest BCUT2D eigenvalue weighted by atomic mass is 32.2. The average Bonchev–Trinajstić information content (AvgIpc) is 2.31. The lowest BCUT2D eigenvalue weighted by Gasteiger charge is -2.08. The van der Waals surface area contributed by atoms with E-state index in [1.165, 1.54) is 6.07 Å². The van der Waals surface area contributed by atoms with Crippen molar-refractivity contribution in [1.82, 2.24) is 9.44 Å². The molecular formula is C10H17N3O5S2. The van der Waals surface area contributed by atoms with Crippen LogP contribution in [0, 0.1) is 0 Å². The van der Waals surface area contributed by atoms with Crippen LogP contribution in [0.4, 0.5) is 5.69 Å². The first-order valence-corrected chi connectivity index (χ1v) is 8.87. The molecular weight excluding hydrogens is 306 g/mol. The number of nitrogens with two attached hydrogens (primary N) is 1. The highest BCUT2D eigenvalue weighted by Crippen LogP contribution is 2.22. The number of aromatic hydroxyl groups is 1. The molecule has 8 nitrogen and oxygen atoms in total. The zero-order chi connectivity index (χ0) is 15.4. The molecule has 0 radical (unpaired) electrons. The van der Waals surface area contributed by atoms with Crippen LogP contribution in [-0.2, 0) is 20.0 Å². The first kappa shape index (κ1) is 16.7. The second-order valence-corrected chi connectivity index (χ2v) is 7.63. The fraction of sp³-hybridized carbons (Fsp3) is 0.400. The highest BCUT2D eigenvalue weighted by molar-refractivity contribution is 7.90. The lowest BCUT2D eigenvalue weighted by Crippen LogP contribution is -2.34. The topological polar surface area (TPSA) is 139 Å². The van der Waals surface area contributed by atoms with Crippen molar-refractivity contribution in [2.75, 3.05) is 24.6 Å². The molecule has 0 atom stereocenters. The molecule has 1 aromatic rings. The van der Waals surface area contributed by atoms with E-state index in [1.807, 2.05) is 0 Å². The Morgan fingerprint density at radius 2 is 1.85 bits per heavy atom. The van der Waals surface area contributed by atoms with E-state index in [0.29, 0.717) is 0 Å². The number of nitrogens with one attached hydrogen (secondary N) is 2. The number of benzene rings is 1. The molecule has 1 aromatic carbocycles. The van der Waals surface area contributed by atoms with Gasteiger partial charge in [0.2, 0.25) is 20.0 Å². The Morgan fingerprint density at radius 3 is 2.40 bits per heavy atom. The number of sulfonamides is 2. The number of hydrogen-bond donors (Lipinski definition) is 4. The van der Waals surface area contributed by atoms with Crippen LogP contribution in [-0.4, -0.2) is 40.8 Å². The summed E-state index contributed by atoms with van der Waals surface area (Å²) in [5, 5.41) is 9.22. The van der Waals surface area contributed by atoms with Crippen molar-refractivity contribution >= 4 is 25.7 Å². The largest absolute Gasteiger partial charge is 0.506 e. The van der Waals surface area contributed by atoms with Gasteiger partial charge in [0.25, 0.3) is 0 Å². The van der Waals surface area contributed by atoms with Crippen LogP contribution < -0.4 is 15.2 Å². The van der Waals surface area contributed by atoms with Crippen molar-refractivity contribution in [3.05, 3.63) is 18.2 Å². The van der Waals surface area contributed by atoms with E-state index in [2.05, 4.69) is 9.44 Å². The Hall–Kier alpha value is -1.36. The van der Waals surface area contributed by atoms with Crippen molar-refractivity contribution in [2.45, 2.75) is 11.8 Å². The predicted molar refractivity (Wildman–Crippen MR) is 75.2 cm³/mol. The summed E-state index contributed by atoms with van der Waals surface area (Å²) in [5.74, 6) is -0.591. The van der Waals surface area contributed by atoms with Gasteiger partial charge in [-0.2, -0.15) is 0 Å². The van der Waals surface area contributed by atoms with E-state index in [9.17, 15) is 21.9 Å². The average molecular weight is 323 g/mol. The van der Waals surface area contributed by atoms with Gasteiger partial charge in [-0.05, 0) is 18.2 Å². The van der Waals surface area contributed by atoms with Crippen molar-refractivity contribution < 1.29 is 21.9 Å². The van der Waals surface area contributed by atoms with E-state index in [-0.39, 0.29) is 35.2 Å². The van der Waals surface area contributed by atoms with Crippen molar-refractivity contribution in [1.29, 1.82) is 0 Å². The Kier molecular flexibility index (Phi) is 5.34. The third-order valence-electron chi connectivity index (χ3n) is 2.34. The van der Waals surface area contributed by atoms with Gasteiger partial charge in [-0.15, -0.1) is 0 Å². The van der Waals surface area contributed by atoms with Gasteiger partial charge in [0.05, 0.1) is 16.3 Å². The molecule has 1 rings (SSSR count). The fourth-order valence-corrected chi connectivity index (χ4v) is 3.54. The van der Waals surface area contributed by atoms with Gasteiger partial charge in [0.1, 0.15) is 5.75 Å². The summed E-state index contributed by atoms with van der Waals surface area (Å²) in [6.45, 7) is 1.60. The number of hydrogen-bond acceptors (Lipinski definition) is 6. The fourth-order valence-electron chi connectivity index (χ4n) is 1.39. The maximum atomic E-state index is 11.9. The van der Waals surface area contributed by atoms with Gasteiger partial charge in [-0.1, -0.05) is 6.92 Å². The molecule has 0 heterocycles. The molecule has 0 amide bonds. The molecule has 0 aromatic heterocycles. The normalized spacial score (nSPS) is 12.4. The molecule has 0 saturated carbocycles. The summed E-state index contributed by atoms with van der Waals surface area (Å²) in [6, 6.07) is 3.42. The van der Waals surface area contributed by atoms with Crippen LogP contribution >= 0.6 is 0 Å². The Bertz CT molecular complexity index is 670. The number of phenolic OH excluding ortho intramolecular Hbond substituents is 1. The molecule has 10 heteroatoms. The highest BCUT2D eigenvalue weighted by Gasteiger charge is 2.17. The SMILES string of the molecule is CCNS(=O)(=O)CCNS(=O)(=O)c1ccc(O)c(N)c1. The molecule has 0 fully saturated rings. The number of anilines is 1. The van der Waals surface area contributed by atoms with Gasteiger partial charge in [-0.3, -0.25) is 0 Å². The van der Waals surface area contributed by atoms with E-state index in [0.717, 1.165) is 12.1 Å². The predicted octanol–water partition coefficient (Wildman–Crippen LogP) is -0.808. The summed E-state index contributed by atoms with van der Waals surface area (Å²) in [7, 11) is -7.36. The van der Waals surface area contributed by atoms with Crippen LogP contribution in [0.25, 0.3) is 0 Å². The van der Waals surface area contributed by atoms with E-state index in [1.54, 1.807) is 6.92 Å². The van der Waals surface area contributed by atoms with Gasteiger partial charge in [-0.25, -0.2) is 26.3 Å². The van der Waals surface area contributed by atoms with E-state index >= 15 is 0 Å². The maximum absolute atomic E-state index is 11.9. The minimum Gasteiger partial charge on any atom is -0.506 e. The molecule has 0 spiro atoms. The van der Waals surface area contributed by atoms with Crippen LogP contribution in [0.15, 0.2) is 23.1 Å². The molecule has 0 bridgehead atoms. The van der Waals surface area contributed by atoms with Gasteiger partial charge < -0.3 is 10.8 Å². The number of phenols is 1. The summed E-state index contributed by atoms with van der Waals surface area (Å²) in [6.07, 6.45) is 0. The minimum atomic E-state index is -3.87. The number of rotatable bonds is 7. The second-order valence-electron chi connectivity index (χ2n) is 3.94. The molecule has 20 heavy (non-hydrogen) atoms. The van der Waals surface area contributed by atoms with Gasteiger partial charge in [0.15, 0.2) is 0 Å². The van der Waals surface area contributed by atoms with Crippen LogP contribution in [0.3, 0.4) is 0 Å². The minimum absolute atomic E-state index is 0.0758. The lowest BCUT2D eigenvalue weighted by atomic mass is 10.3. The van der Waals surface area contributed by atoms with Crippen LogP contribution in [0.2, 0.25) is 0 Å². The summed E-state index contributed by atoms with van der Waals surface area (Å²) in [5.41, 5.74) is 5.33. The second kappa shape index (κ2) is 6.39. The third-order valence-corrected chi connectivity index (χ3v) is 5.27. The quantitative estimate of drug-likeness (QED) is 0.382. The molecule has 0 aliphatic rings. The Balaban J connectivity index is 2.74. The summed E-state index contributed by atoms with van der Waals surface area (Å²) in [4.78, 5) is -0.145. The summed E-state index contributed by atoms with van der Waals surface area (Å²) < 4.78 is 50.9. The Labute approximate surface area is 118 Å². The lowest BCUT2D eigenvalue weighted by molar-refractivity contribution is 0.477. The van der Waals surface area contributed by atoms with Gasteiger partial charge >= 0.3 is 0 Å². The van der Waals surface area contributed by atoms with E-state index < -0.39 is 20.0 Å². The molecule has 114 valence electrons. The monoisotopic (exact) mass is 323 g/mol. The molecule has 0 aliphatic heterocycles. The molecule has 5 N–H and O–H groups in total. The summed E-state index contributed by atoms with van der Waals surface area (Å²) >= 11 is 0. The van der Waals surface area contributed by atoms with Crippen LogP contribution in [0.1, 0.15) is 6.92 Å². The zero-order valence-corrected chi connectivity index (χ0v) is 12.5. The Morgan fingerprint density at radius 1 is 1.20 bits per heavy atom. The smallest absolute Gasteiger partial charge is 0.240 e.